The summed E-state index contributed by atoms with van der Waals surface area (Å²) in [5, 5.41) is 0. The number of phosphoric ester groups is 1. The van der Waals surface area contributed by atoms with Gasteiger partial charge in [-0.3, -0.25) is 13.8 Å². The molecule has 0 saturated heterocycles. The minimum atomic E-state index is -4.30. The van der Waals surface area contributed by atoms with E-state index in [0.29, 0.717) is 13.0 Å². The quantitative estimate of drug-likeness (QED) is 0.0269. The Labute approximate surface area is 376 Å². The van der Waals surface area contributed by atoms with Crippen LogP contribution in [0.2, 0.25) is 0 Å². The molecule has 0 rings (SSSR count). The molecule has 0 fully saturated rings. The lowest BCUT2D eigenvalue weighted by Crippen LogP contribution is -2.28. The fourth-order valence-corrected chi connectivity index (χ4v) is 7.53. The Morgan fingerprint density at radius 2 is 0.918 bits per heavy atom. The van der Waals surface area contributed by atoms with Crippen molar-refractivity contribution >= 4 is 13.8 Å². The first kappa shape index (κ1) is 58.9. The standard InChI is InChI=1S/C52H94NO7P/c1-3-5-7-9-11-13-15-17-19-21-23-25-27-29-31-33-35-37-39-41-43-45-52(54)60-51(50-59-61(55,56)58-48-46-53)49-57-47-44-42-40-38-36-34-32-30-28-26-24-22-20-18-16-14-12-10-8-6-4-2/h5,7,11,13,17,19,23,25,29,31,35,37,51H,3-4,6,8-10,12,14-16,18,20-22,24,26-28,30,32-34,36,38-50,53H2,1-2H3,(H,55,56)/b7-5-,13-11-,19-17-,25-23-,31-29-,37-35-. The second-order valence-electron chi connectivity index (χ2n) is 16.3. The topological polar surface area (TPSA) is 117 Å². The number of hydrogen-bond acceptors (Lipinski definition) is 7. The molecule has 9 heteroatoms. The second kappa shape index (κ2) is 49.0. The van der Waals surface area contributed by atoms with Gasteiger partial charge >= 0.3 is 13.8 Å². The van der Waals surface area contributed by atoms with Crippen LogP contribution in [0, 0.1) is 0 Å². The Kier molecular flexibility index (Phi) is 47.3. The Morgan fingerprint density at radius 3 is 1.34 bits per heavy atom. The van der Waals surface area contributed by atoms with E-state index in [4.69, 9.17) is 24.3 Å². The van der Waals surface area contributed by atoms with Crippen molar-refractivity contribution in [2.24, 2.45) is 5.73 Å². The number of phosphoric acid groups is 1. The van der Waals surface area contributed by atoms with E-state index >= 15 is 0 Å². The molecule has 0 heterocycles. The molecule has 0 aromatic rings. The number of rotatable bonds is 47. The molecule has 0 aromatic carbocycles. The third-order valence-electron chi connectivity index (χ3n) is 10.4. The lowest BCUT2D eigenvalue weighted by atomic mass is 10.0. The summed E-state index contributed by atoms with van der Waals surface area (Å²) in [5.41, 5.74) is 5.38. The van der Waals surface area contributed by atoms with Crippen molar-refractivity contribution in [3.8, 4) is 0 Å². The number of hydrogen-bond donors (Lipinski definition) is 2. The monoisotopic (exact) mass is 876 g/mol. The van der Waals surface area contributed by atoms with Crippen LogP contribution >= 0.6 is 7.82 Å². The van der Waals surface area contributed by atoms with Crippen molar-refractivity contribution in [3.05, 3.63) is 72.9 Å². The van der Waals surface area contributed by atoms with Crippen molar-refractivity contribution in [1.82, 2.24) is 0 Å². The predicted molar refractivity (Wildman–Crippen MR) is 261 cm³/mol. The first-order valence-corrected chi connectivity index (χ1v) is 26.4. The molecule has 0 spiro atoms. The molecule has 3 N–H and O–H groups in total. The summed E-state index contributed by atoms with van der Waals surface area (Å²) in [6.07, 6.45) is 62.2. The van der Waals surface area contributed by atoms with E-state index in [1.165, 1.54) is 122 Å². The molecule has 2 atom stereocenters. The Bertz CT molecular complexity index is 1160. The van der Waals surface area contributed by atoms with Crippen LogP contribution in [0.4, 0.5) is 0 Å². The van der Waals surface area contributed by atoms with Gasteiger partial charge in [-0.15, -0.1) is 0 Å². The maximum absolute atomic E-state index is 12.6. The van der Waals surface area contributed by atoms with Crippen LogP contribution in [0.5, 0.6) is 0 Å². The molecule has 0 aliphatic heterocycles. The molecule has 8 nitrogen and oxygen atoms in total. The van der Waals surface area contributed by atoms with E-state index in [9.17, 15) is 14.3 Å². The van der Waals surface area contributed by atoms with Crippen LogP contribution < -0.4 is 5.73 Å². The Morgan fingerprint density at radius 1 is 0.508 bits per heavy atom. The zero-order valence-corrected chi connectivity index (χ0v) is 40.3. The van der Waals surface area contributed by atoms with Crippen LogP contribution in [0.3, 0.4) is 0 Å². The van der Waals surface area contributed by atoms with Crippen LogP contribution in [-0.4, -0.2) is 49.9 Å². The fraction of sp³-hybridized carbons (Fsp3) is 0.750. The van der Waals surface area contributed by atoms with Gasteiger partial charge in [0.1, 0.15) is 6.10 Å². The van der Waals surface area contributed by atoms with Crippen molar-refractivity contribution in [2.75, 3.05) is 33.0 Å². The summed E-state index contributed by atoms with van der Waals surface area (Å²) < 4.78 is 33.5. The molecular weight excluding hydrogens is 782 g/mol. The van der Waals surface area contributed by atoms with Crippen LogP contribution in [0.15, 0.2) is 72.9 Å². The van der Waals surface area contributed by atoms with Gasteiger partial charge in [-0.25, -0.2) is 4.57 Å². The molecule has 0 bridgehead atoms. The minimum Gasteiger partial charge on any atom is -0.457 e. The number of nitrogens with two attached hydrogens (primary N) is 1. The molecule has 0 aliphatic rings. The van der Waals surface area contributed by atoms with E-state index in [2.05, 4.69) is 86.8 Å². The number of esters is 1. The summed E-state index contributed by atoms with van der Waals surface area (Å²) >= 11 is 0. The van der Waals surface area contributed by atoms with Gasteiger partial charge in [0.25, 0.3) is 0 Å². The molecule has 0 amide bonds. The smallest absolute Gasteiger partial charge is 0.457 e. The van der Waals surface area contributed by atoms with E-state index in [1.54, 1.807) is 0 Å². The molecule has 0 aliphatic carbocycles. The van der Waals surface area contributed by atoms with Crippen LogP contribution in [0.25, 0.3) is 0 Å². The maximum atomic E-state index is 12.6. The predicted octanol–water partition coefficient (Wildman–Crippen LogP) is 15.5. The first-order valence-electron chi connectivity index (χ1n) is 24.9. The van der Waals surface area contributed by atoms with Crippen molar-refractivity contribution in [1.29, 1.82) is 0 Å². The largest absolute Gasteiger partial charge is 0.472 e. The number of carbonyl (C=O) groups excluding carboxylic acids is 1. The van der Waals surface area contributed by atoms with Gasteiger partial charge in [0.2, 0.25) is 0 Å². The minimum absolute atomic E-state index is 0.0908. The third-order valence-corrected chi connectivity index (χ3v) is 11.4. The van der Waals surface area contributed by atoms with Gasteiger partial charge in [-0.05, 0) is 64.2 Å². The average Bonchev–Trinajstić information content (AvgIpc) is 3.25. The third kappa shape index (κ3) is 48.8. The van der Waals surface area contributed by atoms with E-state index in [0.717, 1.165) is 64.2 Å². The van der Waals surface area contributed by atoms with Gasteiger partial charge in [-0.2, -0.15) is 0 Å². The van der Waals surface area contributed by atoms with Gasteiger partial charge in [0.05, 0.1) is 19.8 Å². The van der Waals surface area contributed by atoms with Gasteiger partial charge in [0, 0.05) is 19.6 Å². The summed E-state index contributed by atoms with van der Waals surface area (Å²) in [7, 11) is -4.30. The molecule has 0 aromatic heterocycles. The fourth-order valence-electron chi connectivity index (χ4n) is 6.77. The summed E-state index contributed by atoms with van der Waals surface area (Å²) in [5.74, 6) is -0.371. The van der Waals surface area contributed by atoms with E-state index in [-0.39, 0.29) is 38.8 Å². The highest BCUT2D eigenvalue weighted by Crippen LogP contribution is 2.43. The summed E-state index contributed by atoms with van der Waals surface area (Å²) in [6, 6.07) is 0. The van der Waals surface area contributed by atoms with Crippen molar-refractivity contribution < 1.29 is 32.8 Å². The lowest BCUT2D eigenvalue weighted by Gasteiger charge is -2.20. The molecule has 354 valence electrons. The van der Waals surface area contributed by atoms with Gasteiger partial charge in [0.15, 0.2) is 0 Å². The number of ether oxygens (including phenoxy) is 2. The number of carbonyl (C=O) groups is 1. The van der Waals surface area contributed by atoms with Gasteiger partial charge in [-0.1, -0.05) is 215 Å². The maximum Gasteiger partial charge on any atom is 0.472 e. The first-order chi connectivity index (χ1) is 29.9. The zero-order valence-electron chi connectivity index (χ0n) is 39.4. The highest BCUT2D eigenvalue weighted by molar-refractivity contribution is 7.47. The molecular formula is C52H94NO7P. The number of allylic oxidation sites excluding steroid dienone is 12. The molecule has 0 radical (unpaired) electrons. The highest BCUT2D eigenvalue weighted by Gasteiger charge is 2.25. The van der Waals surface area contributed by atoms with E-state index < -0.39 is 13.9 Å². The molecule has 2 unspecified atom stereocenters. The highest BCUT2D eigenvalue weighted by atomic mass is 31.2. The van der Waals surface area contributed by atoms with Crippen LogP contribution in [0.1, 0.15) is 213 Å². The average molecular weight is 876 g/mol. The van der Waals surface area contributed by atoms with Crippen LogP contribution in [-0.2, 0) is 27.9 Å². The lowest BCUT2D eigenvalue weighted by molar-refractivity contribution is -0.154. The summed E-state index contributed by atoms with van der Waals surface area (Å²) in [4.78, 5) is 22.6. The zero-order chi connectivity index (χ0) is 44.4. The number of unbranched alkanes of at least 4 members (excludes halogenated alkanes) is 22. The molecule has 0 saturated carbocycles. The van der Waals surface area contributed by atoms with E-state index in [1.807, 2.05) is 0 Å². The Balaban J connectivity index is 4.04. The van der Waals surface area contributed by atoms with Crippen molar-refractivity contribution in [2.45, 2.75) is 219 Å². The van der Waals surface area contributed by atoms with Crippen molar-refractivity contribution in [3.63, 3.8) is 0 Å². The Hall–Kier alpha value is -2.06. The summed E-state index contributed by atoms with van der Waals surface area (Å²) in [6.45, 7) is 4.77. The second-order valence-corrected chi connectivity index (χ2v) is 17.8. The SMILES string of the molecule is CC/C=C\C/C=C\C/C=C\C/C=C\C/C=C\C/C=C\CCCCC(=O)OC(COCCCCCCCCCCCCCCCCCCCCCCC)COP(=O)(O)OCCN. The normalized spacial score (nSPS) is 14.0. The molecule has 61 heavy (non-hydrogen) atoms. The van der Waals surface area contributed by atoms with Gasteiger partial charge < -0.3 is 20.1 Å².